The Balaban J connectivity index is 1.89. The Labute approximate surface area is 262 Å². The van der Waals surface area contributed by atoms with E-state index in [-0.39, 0.29) is 17.3 Å². The Morgan fingerprint density at radius 2 is 1.21 bits per heavy atom. The van der Waals surface area contributed by atoms with Crippen LogP contribution in [-0.4, -0.2) is 28.2 Å². The number of carbonyl (C=O) groups excluding carboxylic acids is 1. The normalized spacial score (nSPS) is 27.7. The number of allylic oxidation sites excluding steroid dienone is 19. The van der Waals surface area contributed by atoms with Crippen LogP contribution in [0.15, 0.2) is 119 Å². The smallest absolute Gasteiger partial charge is 0.162 e. The molecule has 2 rings (SSSR count). The van der Waals surface area contributed by atoms with E-state index in [4.69, 9.17) is 0 Å². The monoisotopic (exact) mass is 584 g/mol. The highest BCUT2D eigenvalue weighted by Gasteiger charge is 2.54. The van der Waals surface area contributed by atoms with Crippen LogP contribution in [0.3, 0.4) is 0 Å². The maximum atomic E-state index is 12.9. The van der Waals surface area contributed by atoms with Gasteiger partial charge in [-0.1, -0.05) is 141 Å². The van der Waals surface area contributed by atoms with Crippen molar-refractivity contribution in [2.75, 3.05) is 0 Å². The summed E-state index contributed by atoms with van der Waals surface area (Å²) in [7, 11) is 0. The molecule has 2 aliphatic rings. The van der Waals surface area contributed by atoms with E-state index < -0.39 is 16.9 Å². The van der Waals surface area contributed by atoms with Crippen molar-refractivity contribution in [3.8, 4) is 0 Å². The molecule has 0 saturated heterocycles. The van der Waals surface area contributed by atoms with E-state index in [0.29, 0.717) is 12.8 Å². The average Bonchev–Trinajstić information content (AvgIpc) is 3.11. The quantitative estimate of drug-likeness (QED) is 0.188. The lowest BCUT2D eigenvalue weighted by molar-refractivity contribution is -0.130. The standard InChI is InChI=1S/C40H56O3/c1-29(17-13-19-31(3)21-23-35-33(5)27-34(41)28-38(35,6)7)15-11-12-16-30(2)18-14-20-32(4)22-24-37(43)40(10)26-25-36(42)39(40,8)9/h11-24,34,36,41-42H,25-28H2,1-10H3/b12-11+,17-13+,18-14+,23-21+,24-22+,29-15+,30-16+,31-19+,32-20+/t34-,36-,40+/m1/s1. The SMILES string of the molecule is CC1=C(/C=C/C(C)=C/C=C/C(C)=C/C=C/C=C(C)/C=C/C=C(C)/C=C/C(=O)[C@]2(C)CC[C@@H](O)C2(C)C)C(C)(C)C[C@H](O)C1. The van der Waals surface area contributed by atoms with E-state index >= 15 is 0 Å². The lowest BCUT2D eigenvalue weighted by Gasteiger charge is -2.38. The van der Waals surface area contributed by atoms with Gasteiger partial charge < -0.3 is 10.2 Å². The number of hydrogen-bond donors (Lipinski definition) is 2. The minimum Gasteiger partial charge on any atom is -0.393 e. The van der Waals surface area contributed by atoms with Crippen molar-refractivity contribution in [1.82, 2.24) is 0 Å². The molecule has 3 atom stereocenters. The van der Waals surface area contributed by atoms with E-state index in [9.17, 15) is 15.0 Å². The fourth-order valence-corrected chi connectivity index (χ4v) is 6.04. The van der Waals surface area contributed by atoms with Crippen LogP contribution in [0.5, 0.6) is 0 Å². The van der Waals surface area contributed by atoms with E-state index in [0.717, 1.165) is 29.6 Å². The van der Waals surface area contributed by atoms with Crippen LogP contribution in [0.2, 0.25) is 0 Å². The summed E-state index contributed by atoms with van der Waals surface area (Å²) in [6.45, 7) is 20.7. The number of carbonyl (C=O) groups is 1. The molecule has 1 saturated carbocycles. The Hall–Kier alpha value is -3.01. The topological polar surface area (TPSA) is 57.5 Å². The van der Waals surface area contributed by atoms with Gasteiger partial charge in [-0.05, 0) is 77.4 Å². The Morgan fingerprint density at radius 3 is 1.70 bits per heavy atom. The van der Waals surface area contributed by atoms with Gasteiger partial charge in [0.2, 0.25) is 0 Å². The fraction of sp³-hybridized carbons (Fsp3) is 0.475. The first-order valence-electron chi connectivity index (χ1n) is 15.7. The summed E-state index contributed by atoms with van der Waals surface area (Å²) < 4.78 is 0. The zero-order valence-electron chi connectivity index (χ0n) is 28.4. The van der Waals surface area contributed by atoms with Gasteiger partial charge in [0.15, 0.2) is 5.78 Å². The van der Waals surface area contributed by atoms with Crippen molar-refractivity contribution < 1.29 is 15.0 Å². The summed E-state index contributed by atoms with van der Waals surface area (Å²) in [5.41, 5.74) is 6.14. The van der Waals surface area contributed by atoms with Crippen LogP contribution in [0, 0.1) is 16.2 Å². The van der Waals surface area contributed by atoms with E-state index in [1.165, 1.54) is 16.7 Å². The van der Waals surface area contributed by atoms with Crippen molar-refractivity contribution in [2.45, 2.75) is 107 Å². The Morgan fingerprint density at radius 1 is 0.721 bits per heavy atom. The van der Waals surface area contributed by atoms with Crippen LogP contribution in [-0.2, 0) is 4.79 Å². The molecule has 0 spiro atoms. The number of aliphatic hydroxyl groups is 2. The Bertz CT molecular complexity index is 1310. The number of rotatable bonds is 11. The Kier molecular flexibility index (Phi) is 13.2. The third kappa shape index (κ3) is 10.3. The molecule has 0 heterocycles. The van der Waals surface area contributed by atoms with Gasteiger partial charge in [0.1, 0.15) is 0 Å². The van der Waals surface area contributed by atoms with Crippen molar-refractivity contribution in [1.29, 1.82) is 0 Å². The lowest BCUT2D eigenvalue weighted by atomic mass is 9.66. The minimum atomic E-state index is -0.532. The molecule has 1 fully saturated rings. The molecule has 2 N–H and O–H groups in total. The second-order valence-corrected chi connectivity index (χ2v) is 14.0. The molecule has 0 bridgehead atoms. The van der Waals surface area contributed by atoms with Gasteiger partial charge in [-0.3, -0.25) is 4.79 Å². The zero-order valence-corrected chi connectivity index (χ0v) is 28.4. The predicted octanol–water partition coefficient (Wildman–Crippen LogP) is 9.81. The minimum absolute atomic E-state index is 0.00528. The first-order chi connectivity index (χ1) is 20.0. The molecule has 3 heteroatoms. The van der Waals surface area contributed by atoms with Gasteiger partial charge in [-0.25, -0.2) is 0 Å². The number of aliphatic hydroxyl groups excluding tert-OH is 2. The van der Waals surface area contributed by atoms with Gasteiger partial charge >= 0.3 is 0 Å². The van der Waals surface area contributed by atoms with Crippen molar-refractivity contribution in [3.63, 3.8) is 0 Å². The fourth-order valence-electron chi connectivity index (χ4n) is 6.04. The van der Waals surface area contributed by atoms with Gasteiger partial charge in [0.25, 0.3) is 0 Å². The molecule has 0 unspecified atom stereocenters. The molecular weight excluding hydrogens is 528 g/mol. The van der Waals surface area contributed by atoms with Gasteiger partial charge in [-0.2, -0.15) is 0 Å². The molecule has 0 aromatic rings. The summed E-state index contributed by atoms with van der Waals surface area (Å²) >= 11 is 0. The average molecular weight is 585 g/mol. The van der Waals surface area contributed by atoms with Crippen LogP contribution in [0.1, 0.15) is 94.9 Å². The first-order valence-corrected chi connectivity index (χ1v) is 15.7. The molecule has 0 aliphatic heterocycles. The second kappa shape index (κ2) is 15.6. The molecule has 43 heavy (non-hydrogen) atoms. The van der Waals surface area contributed by atoms with Crippen molar-refractivity contribution >= 4 is 5.78 Å². The summed E-state index contributed by atoms with van der Waals surface area (Å²) in [4.78, 5) is 12.9. The number of ketones is 1. The van der Waals surface area contributed by atoms with Gasteiger partial charge in [0, 0.05) is 10.8 Å². The summed E-state index contributed by atoms with van der Waals surface area (Å²) in [6, 6.07) is 0. The van der Waals surface area contributed by atoms with Crippen LogP contribution < -0.4 is 0 Å². The highest BCUT2D eigenvalue weighted by atomic mass is 16.3. The highest BCUT2D eigenvalue weighted by molar-refractivity contribution is 5.96. The number of hydrogen-bond acceptors (Lipinski definition) is 3. The van der Waals surface area contributed by atoms with Gasteiger partial charge in [-0.15, -0.1) is 0 Å². The lowest BCUT2D eigenvalue weighted by Crippen LogP contribution is -2.41. The molecule has 234 valence electrons. The molecule has 0 amide bonds. The summed E-state index contributed by atoms with van der Waals surface area (Å²) in [5, 5.41) is 20.4. The molecule has 0 aromatic carbocycles. The third-order valence-electron chi connectivity index (χ3n) is 9.47. The van der Waals surface area contributed by atoms with Crippen LogP contribution in [0.4, 0.5) is 0 Å². The van der Waals surface area contributed by atoms with Crippen LogP contribution >= 0.6 is 0 Å². The molecule has 3 nitrogen and oxygen atoms in total. The molecule has 0 aromatic heterocycles. The zero-order chi connectivity index (χ0) is 32.4. The highest BCUT2D eigenvalue weighted by Crippen LogP contribution is 2.53. The summed E-state index contributed by atoms with van der Waals surface area (Å²) in [6.07, 6.45) is 30.8. The van der Waals surface area contributed by atoms with Crippen molar-refractivity contribution in [3.05, 3.63) is 119 Å². The predicted molar refractivity (Wildman–Crippen MR) is 185 cm³/mol. The molecular formula is C40H56O3. The van der Waals surface area contributed by atoms with Crippen molar-refractivity contribution in [2.24, 2.45) is 16.2 Å². The van der Waals surface area contributed by atoms with Crippen LogP contribution in [0.25, 0.3) is 0 Å². The summed E-state index contributed by atoms with van der Waals surface area (Å²) in [5.74, 6) is 0.0853. The molecule has 2 aliphatic carbocycles. The largest absolute Gasteiger partial charge is 0.393 e. The third-order valence-corrected chi connectivity index (χ3v) is 9.47. The molecule has 0 radical (unpaired) electrons. The van der Waals surface area contributed by atoms with E-state index in [1.54, 1.807) is 6.08 Å². The van der Waals surface area contributed by atoms with E-state index in [2.05, 4.69) is 84.1 Å². The van der Waals surface area contributed by atoms with Gasteiger partial charge in [0.05, 0.1) is 12.2 Å². The van der Waals surface area contributed by atoms with E-state index in [1.807, 2.05) is 64.2 Å². The first kappa shape index (κ1) is 36.2. The maximum absolute atomic E-state index is 12.9. The second-order valence-electron chi connectivity index (χ2n) is 14.0. The maximum Gasteiger partial charge on any atom is 0.162 e.